The molecule has 2 heterocycles. The molecule has 0 amide bonds. The van der Waals surface area contributed by atoms with Gasteiger partial charge in [-0.3, -0.25) is 0 Å². The van der Waals surface area contributed by atoms with Gasteiger partial charge in [-0.2, -0.15) is 0 Å². The summed E-state index contributed by atoms with van der Waals surface area (Å²) in [6.07, 6.45) is 0. The summed E-state index contributed by atoms with van der Waals surface area (Å²) in [5, 5.41) is 28.3. The van der Waals surface area contributed by atoms with Crippen molar-refractivity contribution in [1.82, 2.24) is 9.55 Å². The molecule has 1 aliphatic heterocycles. The first kappa shape index (κ1) is 19.3. The zero-order valence-corrected chi connectivity index (χ0v) is 14.5. The first-order valence-corrected chi connectivity index (χ1v) is 8.00. The zero-order valence-electron chi connectivity index (χ0n) is 14.5. The molecule has 1 aliphatic rings. The topological polar surface area (TPSA) is 122 Å². The summed E-state index contributed by atoms with van der Waals surface area (Å²) in [5.74, 6) is 0.699. The van der Waals surface area contributed by atoms with Crippen LogP contribution in [0.15, 0.2) is 12.1 Å². The van der Waals surface area contributed by atoms with Crippen molar-refractivity contribution in [3.05, 3.63) is 34.9 Å². The Morgan fingerprint density at radius 1 is 1.36 bits per heavy atom. The highest BCUT2D eigenvalue weighted by Gasteiger charge is 2.30. The van der Waals surface area contributed by atoms with E-state index in [2.05, 4.69) is 16.8 Å². The number of carboxylic acids is 2. The van der Waals surface area contributed by atoms with Gasteiger partial charge in [0.25, 0.3) is 0 Å². The molecule has 1 unspecified atom stereocenters. The van der Waals surface area contributed by atoms with Gasteiger partial charge in [0.1, 0.15) is 30.7 Å². The minimum absolute atomic E-state index is 0.0227. The first-order valence-electron chi connectivity index (χ1n) is 8.00. The molecule has 10 heteroatoms. The Bertz CT molecular complexity index is 1050. The lowest BCUT2D eigenvalue weighted by Gasteiger charge is -2.10. The molecule has 8 nitrogen and oxygen atoms in total. The predicted molar refractivity (Wildman–Crippen MR) is 90.5 cm³/mol. The number of ether oxygens (including phenoxy) is 1. The highest BCUT2D eigenvalue weighted by atomic mass is 19.1. The fourth-order valence-corrected chi connectivity index (χ4v) is 2.67. The third kappa shape index (κ3) is 3.39. The van der Waals surface area contributed by atoms with E-state index >= 15 is 0 Å². The van der Waals surface area contributed by atoms with Crippen LogP contribution in [0.2, 0.25) is 0 Å². The molecular weight excluding hydrogens is 378 g/mol. The number of carboxylic acid groups (broad SMARTS) is 2. The van der Waals surface area contributed by atoms with Crippen molar-refractivity contribution < 1.29 is 38.4 Å². The summed E-state index contributed by atoms with van der Waals surface area (Å²) in [4.78, 5) is 26.8. The molecule has 0 aliphatic carbocycles. The molecule has 0 spiro atoms. The average molecular weight is 392 g/mol. The molecule has 28 heavy (non-hydrogen) atoms. The lowest BCUT2D eigenvalue weighted by molar-refractivity contribution is 0.0639. The Kier molecular flexibility index (Phi) is 4.79. The van der Waals surface area contributed by atoms with Gasteiger partial charge in [-0.15, -0.1) is 0 Å². The van der Waals surface area contributed by atoms with Crippen LogP contribution < -0.4 is 4.74 Å². The van der Waals surface area contributed by atoms with E-state index in [1.165, 1.54) is 6.07 Å². The Labute approximate surface area is 157 Å². The maximum atomic E-state index is 14.3. The van der Waals surface area contributed by atoms with Gasteiger partial charge in [0.05, 0.1) is 17.7 Å². The van der Waals surface area contributed by atoms with Crippen molar-refractivity contribution in [2.24, 2.45) is 0 Å². The molecule has 0 saturated carbocycles. The Morgan fingerprint density at radius 3 is 2.68 bits per heavy atom. The second-order valence-corrected chi connectivity index (χ2v) is 6.23. The zero-order chi connectivity index (χ0) is 20.6. The largest absolute Gasteiger partial charge is 0.491 e. The predicted octanol–water partition coefficient (Wildman–Crippen LogP) is 1.55. The number of benzene rings is 1. The van der Waals surface area contributed by atoms with Gasteiger partial charge in [-0.05, 0) is 13.0 Å². The minimum Gasteiger partial charge on any atom is -0.491 e. The van der Waals surface area contributed by atoms with Gasteiger partial charge in [0.2, 0.25) is 0 Å². The molecule has 2 aromatic rings. The molecule has 3 N–H and O–H groups in total. The number of alkyl halides is 1. The number of carbonyl (C=O) groups is 2. The fourth-order valence-electron chi connectivity index (χ4n) is 2.67. The third-order valence-electron chi connectivity index (χ3n) is 3.98. The number of rotatable bonds is 3. The van der Waals surface area contributed by atoms with E-state index in [1.807, 2.05) is 0 Å². The number of fused-ring (bicyclic) bond motifs is 3. The van der Waals surface area contributed by atoms with Crippen molar-refractivity contribution in [3.8, 4) is 29.0 Å². The molecule has 0 fully saturated rings. The molecular formula is C18H14F2N2O6. The summed E-state index contributed by atoms with van der Waals surface area (Å²) >= 11 is 0. The smallest absolute Gasteiger partial charge is 0.357 e. The molecule has 1 atom stereocenters. The van der Waals surface area contributed by atoms with E-state index in [9.17, 15) is 33.7 Å². The van der Waals surface area contributed by atoms with E-state index in [1.54, 1.807) is 0 Å². The van der Waals surface area contributed by atoms with Gasteiger partial charge >= 0.3 is 11.9 Å². The summed E-state index contributed by atoms with van der Waals surface area (Å²) in [6, 6.07) is 2.18. The molecule has 0 radical (unpaired) electrons. The maximum Gasteiger partial charge on any atom is 0.357 e. The maximum absolute atomic E-state index is 14.3. The standard InChI is InChI=1S/C18H14F2N2O6/c1-18(27,8-19)3-2-9-6-10-12(7-11(9)20)28-5-4-22-14(17(25)26)13(16(23)24)21-15(10)22/h6-7,27H,4-5,8H2,1H3,(H,23,24)(H,25,26). The number of aliphatic hydroxyl groups is 1. The van der Waals surface area contributed by atoms with Gasteiger partial charge in [0.15, 0.2) is 17.0 Å². The second-order valence-electron chi connectivity index (χ2n) is 6.23. The number of imidazole rings is 1. The van der Waals surface area contributed by atoms with Crippen LogP contribution in [0.25, 0.3) is 11.4 Å². The molecule has 1 aromatic heterocycles. The van der Waals surface area contributed by atoms with Crippen LogP contribution in [0, 0.1) is 17.7 Å². The van der Waals surface area contributed by atoms with Crippen LogP contribution in [-0.2, 0) is 6.54 Å². The van der Waals surface area contributed by atoms with Crippen LogP contribution in [0.1, 0.15) is 33.5 Å². The normalized spacial score (nSPS) is 14.4. The quantitative estimate of drug-likeness (QED) is 0.678. The van der Waals surface area contributed by atoms with E-state index in [4.69, 9.17) is 4.74 Å². The monoisotopic (exact) mass is 392 g/mol. The molecule has 146 valence electrons. The first-order chi connectivity index (χ1) is 13.1. The fraction of sp³-hybridized carbons (Fsp3) is 0.278. The van der Waals surface area contributed by atoms with Crippen LogP contribution in [0.5, 0.6) is 5.75 Å². The SMILES string of the molecule is CC(O)(C#Cc1cc2c(cc1F)OCCn1c-2nc(C(=O)O)c1C(=O)O)CF. The lowest BCUT2D eigenvalue weighted by Crippen LogP contribution is -2.23. The Hall–Kier alpha value is -3.45. The lowest BCUT2D eigenvalue weighted by atomic mass is 10.1. The number of aromatic nitrogens is 2. The Morgan fingerprint density at radius 2 is 2.07 bits per heavy atom. The third-order valence-corrected chi connectivity index (χ3v) is 3.98. The van der Waals surface area contributed by atoms with Crippen molar-refractivity contribution >= 4 is 11.9 Å². The summed E-state index contributed by atoms with van der Waals surface area (Å²) in [5.41, 5.74) is -3.26. The highest BCUT2D eigenvalue weighted by molar-refractivity contribution is 6.00. The van der Waals surface area contributed by atoms with E-state index in [-0.39, 0.29) is 35.9 Å². The number of halogens is 2. The van der Waals surface area contributed by atoms with Crippen molar-refractivity contribution in [3.63, 3.8) is 0 Å². The number of nitrogens with zero attached hydrogens (tertiary/aromatic N) is 2. The van der Waals surface area contributed by atoms with Crippen LogP contribution >= 0.6 is 0 Å². The van der Waals surface area contributed by atoms with Crippen LogP contribution in [-0.4, -0.2) is 55.7 Å². The molecule has 3 rings (SSSR count). The van der Waals surface area contributed by atoms with E-state index < -0.39 is 41.4 Å². The van der Waals surface area contributed by atoms with E-state index in [0.29, 0.717) is 0 Å². The van der Waals surface area contributed by atoms with Gasteiger partial charge in [-0.25, -0.2) is 23.4 Å². The van der Waals surface area contributed by atoms with Gasteiger partial charge in [-0.1, -0.05) is 11.8 Å². The van der Waals surface area contributed by atoms with Crippen molar-refractivity contribution in [1.29, 1.82) is 0 Å². The van der Waals surface area contributed by atoms with Gasteiger partial charge < -0.3 is 24.6 Å². The number of hydrogen-bond donors (Lipinski definition) is 3. The number of hydrogen-bond acceptors (Lipinski definition) is 5. The van der Waals surface area contributed by atoms with Crippen LogP contribution in [0.3, 0.4) is 0 Å². The molecule has 0 saturated heterocycles. The average Bonchev–Trinajstić information content (AvgIpc) is 2.93. The molecule has 0 bridgehead atoms. The summed E-state index contributed by atoms with van der Waals surface area (Å²) in [6.45, 7) is -0.110. The van der Waals surface area contributed by atoms with Crippen LogP contribution in [0.4, 0.5) is 8.78 Å². The summed E-state index contributed by atoms with van der Waals surface area (Å²) in [7, 11) is 0. The molecule has 1 aromatic carbocycles. The minimum atomic E-state index is -1.97. The van der Waals surface area contributed by atoms with Crippen molar-refractivity contribution in [2.45, 2.75) is 19.1 Å². The van der Waals surface area contributed by atoms with Gasteiger partial charge in [0, 0.05) is 6.07 Å². The van der Waals surface area contributed by atoms with Crippen molar-refractivity contribution in [2.75, 3.05) is 13.3 Å². The second kappa shape index (κ2) is 6.94. The Balaban J connectivity index is 2.24. The summed E-state index contributed by atoms with van der Waals surface area (Å²) < 4.78 is 33.6. The number of aromatic carboxylic acids is 2. The highest BCUT2D eigenvalue weighted by Crippen LogP contribution is 2.35. The van der Waals surface area contributed by atoms with E-state index in [0.717, 1.165) is 17.6 Å².